The van der Waals surface area contributed by atoms with Crippen molar-refractivity contribution in [1.29, 1.82) is 0 Å². The van der Waals surface area contributed by atoms with E-state index in [1.807, 2.05) is 23.1 Å². The lowest BCUT2D eigenvalue weighted by Gasteiger charge is -2.27. The number of rotatable bonds is 3. The Morgan fingerprint density at radius 1 is 1.13 bits per heavy atom. The first-order valence-electron chi connectivity index (χ1n) is 9.54. The molecule has 7 nitrogen and oxygen atoms in total. The Labute approximate surface area is 180 Å². The zero-order valence-electron chi connectivity index (χ0n) is 16.0. The largest absolute Gasteiger partial charge is 0.446 e. The molecule has 8 heteroatoms. The van der Waals surface area contributed by atoms with Crippen LogP contribution in [0.5, 0.6) is 0 Å². The van der Waals surface area contributed by atoms with Crippen molar-refractivity contribution in [2.45, 2.75) is 6.42 Å². The maximum absolute atomic E-state index is 13.1. The highest BCUT2D eigenvalue weighted by molar-refractivity contribution is 9.10. The van der Waals surface area contributed by atoms with Crippen molar-refractivity contribution < 1.29 is 9.21 Å². The summed E-state index contributed by atoms with van der Waals surface area (Å²) in [5.74, 6) is 1.20. The number of nitrogens with two attached hydrogens (primary N) is 1. The molecular formula is C22H18BrN5O2. The average molecular weight is 464 g/mol. The van der Waals surface area contributed by atoms with Gasteiger partial charge < -0.3 is 15.1 Å². The minimum absolute atomic E-state index is 0.0714. The van der Waals surface area contributed by atoms with Crippen LogP contribution in [0.2, 0.25) is 0 Å². The van der Waals surface area contributed by atoms with Crippen molar-refractivity contribution in [2.75, 3.05) is 18.8 Å². The van der Waals surface area contributed by atoms with Crippen LogP contribution in [0.1, 0.15) is 22.3 Å². The molecule has 0 unspecified atom stereocenters. The van der Waals surface area contributed by atoms with E-state index in [0.717, 1.165) is 6.42 Å². The number of hydrogen-bond acceptors (Lipinski definition) is 5. The molecule has 2 N–H and O–H groups in total. The molecule has 5 rings (SSSR count). The molecule has 1 aliphatic heterocycles. The van der Waals surface area contributed by atoms with Crippen LogP contribution in [0, 0.1) is 0 Å². The third-order valence-corrected chi connectivity index (χ3v) is 5.57. The van der Waals surface area contributed by atoms with E-state index in [1.54, 1.807) is 24.3 Å². The topological polar surface area (TPSA) is 89.7 Å². The van der Waals surface area contributed by atoms with Crippen molar-refractivity contribution in [3.8, 4) is 11.6 Å². The van der Waals surface area contributed by atoms with Gasteiger partial charge in [0, 0.05) is 18.7 Å². The van der Waals surface area contributed by atoms with Crippen LogP contribution in [0.3, 0.4) is 0 Å². The van der Waals surface area contributed by atoms with Gasteiger partial charge in [-0.15, -0.1) is 5.10 Å². The highest BCUT2D eigenvalue weighted by Crippen LogP contribution is 2.26. The Morgan fingerprint density at radius 3 is 2.67 bits per heavy atom. The van der Waals surface area contributed by atoms with Crippen LogP contribution in [0.15, 0.2) is 69.8 Å². The first-order chi connectivity index (χ1) is 14.6. The van der Waals surface area contributed by atoms with E-state index in [1.165, 1.54) is 15.7 Å². The minimum atomic E-state index is -0.0714. The molecule has 0 aliphatic carbocycles. The molecule has 0 saturated heterocycles. The lowest BCUT2D eigenvalue weighted by molar-refractivity contribution is 0.0773. The number of halogens is 1. The number of furan rings is 1. The summed E-state index contributed by atoms with van der Waals surface area (Å²) in [6.07, 6.45) is 2.93. The van der Waals surface area contributed by atoms with E-state index in [-0.39, 0.29) is 5.91 Å². The van der Waals surface area contributed by atoms with Gasteiger partial charge in [0.25, 0.3) is 5.91 Å². The summed E-state index contributed by atoms with van der Waals surface area (Å²) >= 11 is 3.27. The summed E-state index contributed by atoms with van der Waals surface area (Å²) < 4.78 is 7.61. The van der Waals surface area contributed by atoms with E-state index in [0.29, 0.717) is 46.4 Å². The highest BCUT2D eigenvalue weighted by atomic mass is 79.9. The molecule has 4 aromatic rings. The molecule has 1 aromatic carbocycles. The van der Waals surface area contributed by atoms with Gasteiger partial charge in [0.15, 0.2) is 16.1 Å². The molecule has 0 bridgehead atoms. The van der Waals surface area contributed by atoms with Gasteiger partial charge in [0.05, 0.1) is 0 Å². The Kier molecular flexibility index (Phi) is 4.63. The molecule has 0 saturated carbocycles. The van der Waals surface area contributed by atoms with E-state index in [9.17, 15) is 4.79 Å². The first kappa shape index (κ1) is 18.6. The van der Waals surface area contributed by atoms with Gasteiger partial charge in [0.1, 0.15) is 5.82 Å². The smallest absolute Gasteiger partial charge is 0.254 e. The third kappa shape index (κ3) is 3.39. The molecular weight excluding hydrogens is 446 g/mol. The predicted molar refractivity (Wildman–Crippen MR) is 118 cm³/mol. The van der Waals surface area contributed by atoms with Gasteiger partial charge in [-0.1, -0.05) is 36.4 Å². The van der Waals surface area contributed by atoms with Crippen molar-refractivity contribution in [1.82, 2.24) is 19.5 Å². The highest BCUT2D eigenvalue weighted by Gasteiger charge is 2.21. The maximum atomic E-state index is 13.1. The van der Waals surface area contributed by atoms with Crippen LogP contribution in [-0.4, -0.2) is 38.5 Å². The second-order valence-corrected chi connectivity index (χ2v) is 7.86. The van der Waals surface area contributed by atoms with E-state index >= 15 is 0 Å². The van der Waals surface area contributed by atoms with Crippen LogP contribution in [0.4, 0.5) is 5.82 Å². The molecule has 0 atom stereocenters. The van der Waals surface area contributed by atoms with Gasteiger partial charge in [0.2, 0.25) is 5.82 Å². The molecule has 1 aliphatic rings. The average Bonchev–Trinajstić information content (AvgIpc) is 3.40. The fraction of sp³-hybridized carbons (Fsp3) is 0.136. The summed E-state index contributed by atoms with van der Waals surface area (Å²) in [6, 6.07) is 17.1. The van der Waals surface area contributed by atoms with Crippen LogP contribution in [-0.2, 0) is 0 Å². The number of hydrogen-bond donors (Lipinski definition) is 1. The fourth-order valence-electron chi connectivity index (χ4n) is 3.62. The Balaban J connectivity index is 1.41. The standard InChI is InChI=1S/C22H18BrN5O2/c23-18-7-6-17(30-18)21-25-20-13-16(12-19(24)28(20)26-21)22(29)27-10-8-15(9-11-27)14-4-2-1-3-5-14/h1-8,12-13H,9-11,24H2. The quantitative estimate of drug-likeness (QED) is 0.489. The molecule has 0 fully saturated rings. The van der Waals surface area contributed by atoms with Gasteiger partial charge in [-0.05, 0) is 57.8 Å². The summed E-state index contributed by atoms with van der Waals surface area (Å²) in [5, 5.41) is 4.38. The summed E-state index contributed by atoms with van der Waals surface area (Å²) in [4.78, 5) is 19.4. The molecule has 0 spiro atoms. The molecule has 0 radical (unpaired) electrons. The Hall–Kier alpha value is -3.39. The Morgan fingerprint density at radius 2 is 1.97 bits per heavy atom. The normalized spacial score (nSPS) is 14.2. The van der Waals surface area contributed by atoms with Crippen molar-refractivity contribution >= 4 is 38.9 Å². The van der Waals surface area contributed by atoms with E-state index < -0.39 is 0 Å². The number of amides is 1. The number of anilines is 1. The van der Waals surface area contributed by atoms with Crippen molar-refractivity contribution in [2.24, 2.45) is 0 Å². The van der Waals surface area contributed by atoms with Gasteiger partial charge in [-0.2, -0.15) is 4.52 Å². The lowest BCUT2D eigenvalue weighted by Crippen LogP contribution is -2.34. The number of pyridine rings is 1. The predicted octanol–water partition coefficient (Wildman–Crippen LogP) is 4.26. The number of carbonyl (C=O) groups is 1. The number of nitrogen functional groups attached to an aromatic ring is 1. The fourth-order valence-corrected chi connectivity index (χ4v) is 3.93. The monoisotopic (exact) mass is 463 g/mol. The van der Waals surface area contributed by atoms with Crippen LogP contribution < -0.4 is 5.73 Å². The zero-order chi connectivity index (χ0) is 20.7. The van der Waals surface area contributed by atoms with Gasteiger partial charge in [-0.3, -0.25) is 4.79 Å². The SMILES string of the molecule is Nc1cc(C(=O)N2CC=C(c3ccccc3)CC2)cc2nc(-c3ccc(Br)o3)nn12. The first-order valence-corrected chi connectivity index (χ1v) is 10.3. The second kappa shape index (κ2) is 7.46. The zero-order valence-corrected chi connectivity index (χ0v) is 17.5. The maximum Gasteiger partial charge on any atom is 0.254 e. The van der Waals surface area contributed by atoms with Gasteiger partial charge >= 0.3 is 0 Å². The summed E-state index contributed by atoms with van der Waals surface area (Å²) in [6.45, 7) is 1.22. The Bertz CT molecular complexity index is 1280. The molecule has 3 aromatic heterocycles. The summed E-state index contributed by atoms with van der Waals surface area (Å²) in [7, 11) is 0. The lowest BCUT2D eigenvalue weighted by atomic mass is 9.99. The van der Waals surface area contributed by atoms with E-state index in [2.05, 4.69) is 44.2 Å². The molecule has 4 heterocycles. The second-order valence-electron chi connectivity index (χ2n) is 7.07. The summed E-state index contributed by atoms with van der Waals surface area (Å²) in [5.41, 5.74) is 9.62. The molecule has 150 valence electrons. The number of benzene rings is 1. The van der Waals surface area contributed by atoms with Crippen molar-refractivity contribution in [3.05, 3.63) is 76.5 Å². The molecule has 30 heavy (non-hydrogen) atoms. The number of carbonyl (C=O) groups excluding carboxylic acids is 1. The molecule has 1 amide bonds. The van der Waals surface area contributed by atoms with Crippen LogP contribution in [0.25, 0.3) is 22.8 Å². The van der Waals surface area contributed by atoms with Crippen LogP contribution >= 0.6 is 15.9 Å². The van der Waals surface area contributed by atoms with E-state index in [4.69, 9.17) is 10.2 Å². The van der Waals surface area contributed by atoms with Gasteiger partial charge in [-0.25, -0.2) is 4.98 Å². The third-order valence-electron chi connectivity index (χ3n) is 5.15. The number of aromatic nitrogens is 3. The number of fused-ring (bicyclic) bond motifs is 1. The van der Waals surface area contributed by atoms with Crippen molar-refractivity contribution in [3.63, 3.8) is 0 Å². The number of nitrogens with zero attached hydrogens (tertiary/aromatic N) is 4. The minimum Gasteiger partial charge on any atom is -0.446 e.